The van der Waals surface area contributed by atoms with Crippen molar-refractivity contribution in [3.05, 3.63) is 243 Å². The Morgan fingerprint density at radius 3 is 1.46 bits per heavy atom. The van der Waals surface area contributed by atoms with Crippen molar-refractivity contribution in [1.29, 1.82) is 0 Å². The van der Waals surface area contributed by atoms with Crippen LogP contribution in [-0.2, 0) is 0 Å². The summed E-state index contributed by atoms with van der Waals surface area (Å²) in [7, 11) is -3.61. The molecule has 0 saturated carbocycles. The predicted molar refractivity (Wildman–Crippen MR) is 299 cm³/mol. The van der Waals surface area contributed by atoms with Gasteiger partial charge in [0.1, 0.15) is 5.58 Å². The number of hydrogen-bond acceptors (Lipinski definition) is 4. The molecule has 0 aliphatic carbocycles. The Bertz CT molecular complexity index is 4340. The van der Waals surface area contributed by atoms with E-state index in [4.69, 9.17) is 9.15 Å². The molecule has 13 aromatic rings. The number of rotatable bonds is 5. The van der Waals surface area contributed by atoms with Crippen LogP contribution in [0, 0.1) is 0 Å². The Balaban J connectivity index is 1.00. The molecule has 3 aliphatic heterocycles. The fraction of sp³-hybridized carbons (Fsp3) is 0. The van der Waals surface area contributed by atoms with Gasteiger partial charge in [0.2, 0.25) is 0 Å². The Morgan fingerprint density at radius 2 is 0.817 bits per heavy atom. The Kier molecular flexibility index (Phi) is 7.88. The van der Waals surface area contributed by atoms with Crippen molar-refractivity contribution in [2.24, 2.45) is 0 Å². The van der Waals surface area contributed by atoms with Gasteiger partial charge in [-0.05, 0) is 22.9 Å². The zero-order chi connectivity index (χ0) is 46.4. The first-order valence-corrected chi connectivity index (χ1v) is 26.9. The third kappa shape index (κ3) is 5.22. The van der Waals surface area contributed by atoms with Crippen LogP contribution in [0.5, 0.6) is 11.5 Å². The van der Waals surface area contributed by atoms with E-state index >= 15 is 0 Å². The van der Waals surface area contributed by atoms with Crippen molar-refractivity contribution >= 4 is 117 Å². The predicted octanol–water partition coefficient (Wildman–Crippen LogP) is 15.2. The quantitative estimate of drug-likeness (QED) is 0.127. The molecular formula is C66H41N2O2Si-. The normalized spacial score (nSPS) is 14.3. The van der Waals surface area contributed by atoms with Gasteiger partial charge in [-0.3, -0.25) is 0 Å². The van der Waals surface area contributed by atoms with E-state index in [1.807, 2.05) is 0 Å². The van der Waals surface area contributed by atoms with Gasteiger partial charge in [0.05, 0.1) is 0 Å². The molecule has 3 aliphatic rings. The first kappa shape index (κ1) is 38.8. The second kappa shape index (κ2) is 14.4. The van der Waals surface area contributed by atoms with E-state index in [1.165, 1.54) is 81.3 Å². The maximum atomic E-state index is 7.52. The van der Waals surface area contributed by atoms with Crippen LogP contribution >= 0.6 is 0 Å². The Labute approximate surface area is 410 Å². The molecule has 0 saturated heterocycles. The van der Waals surface area contributed by atoms with Gasteiger partial charge >= 0.3 is 355 Å². The number of furan rings is 1. The number of hydrogen-bond donors (Lipinski definition) is 0. The molecule has 0 N–H and O–H groups in total. The molecule has 0 fully saturated rings. The second-order valence-corrected chi connectivity index (χ2v) is 23.5. The molecule has 332 valence electrons. The molecule has 0 bridgehead atoms. The number of para-hydroxylation sites is 2. The SMILES string of the molecule is c1ccc(N2c3cccc4c3[SiH-]3(c5ccccc5)c5c(cc(-c6c7ccccc7c(-c7ccc8oc9cc%10ccccc%10cc9c8c7)c7ccccc67)cc5N(c5ccccc5)c5cccc2c53)O4)cc1. The molecule has 16 rings (SSSR count). The van der Waals surface area contributed by atoms with Crippen LogP contribution in [0.3, 0.4) is 0 Å². The van der Waals surface area contributed by atoms with E-state index in [1.54, 1.807) is 0 Å². The third-order valence-electron chi connectivity index (χ3n) is 15.9. The number of benzene rings is 12. The van der Waals surface area contributed by atoms with Gasteiger partial charge in [-0.25, -0.2) is 0 Å². The van der Waals surface area contributed by atoms with E-state index < -0.39 is 8.07 Å². The summed E-state index contributed by atoms with van der Waals surface area (Å²) in [4.78, 5) is 5.00. The van der Waals surface area contributed by atoms with Crippen molar-refractivity contribution in [2.45, 2.75) is 0 Å². The van der Waals surface area contributed by atoms with Crippen LogP contribution in [0.15, 0.2) is 247 Å². The number of nitrogens with zero attached hydrogens (tertiary/aromatic N) is 2. The van der Waals surface area contributed by atoms with Crippen LogP contribution in [-0.4, -0.2) is 8.07 Å². The molecule has 0 unspecified atom stereocenters. The van der Waals surface area contributed by atoms with Gasteiger partial charge in [0.25, 0.3) is 0 Å². The molecule has 0 spiro atoms. The Hall–Kier alpha value is -9.16. The van der Waals surface area contributed by atoms with Crippen molar-refractivity contribution in [3.8, 4) is 33.8 Å². The zero-order valence-electron chi connectivity index (χ0n) is 38.4. The maximum absolute atomic E-state index is 7.52. The van der Waals surface area contributed by atoms with Gasteiger partial charge in [-0.15, -0.1) is 0 Å². The molecule has 5 heteroatoms. The van der Waals surface area contributed by atoms with Gasteiger partial charge < -0.3 is 4.42 Å². The molecule has 1 aromatic heterocycles. The Morgan fingerprint density at radius 1 is 0.310 bits per heavy atom. The molecule has 0 radical (unpaired) electrons. The van der Waals surface area contributed by atoms with Crippen molar-refractivity contribution in [3.63, 3.8) is 0 Å². The van der Waals surface area contributed by atoms with Crippen LogP contribution in [0.2, 0.25) is 0 Å². The average Bonchev–Trinajstić information content (AvgIpc) is 3.79. The minimum absolute atomic E-state index is 0.890. The zero-order valence-corrected chi connectivity index (χ0v) is 39.5. The number of ether oxygens (including phenoxy) is 1. The average molecular weight is 922 g/mol. The summed E-state index contributed by atoms with van der Waals surface area (Å²) >= 11 is 0. The van der Waals surface area contributed by atoms with E-state index in [0.717, 1.165) is 61.6 Å². The van der Waals surface area contributed by atoms with Gasteiger partial charge in [-0.2, -0.15) is 0 Å². The van der Waals surface area contributed by atoms with Crippen LogP contribution < -0.4 is 35.3 Å². The summed E-state index contributed by atoms with van der Waals surface area (Å²) in [6.07, 6.45) is 0. The van der Waals surface area contributed by atoms with Gasteiger partial charge in [0.15, 0.2) is 0 Å². The van der Waals surface area contributed by atoms with E-state index in [2.05, 4.69) is 252 Å². The first-order valence-electron chi connectivity index (χ1n) is 24.6. The fourth-order valence-electron chi connectivity index (χ4n) is 13.2. The number of anilines is 6. The number of fused-ring (bicyclic) bond motifs is 6. The van der Waals surface area contributed by atoms with Crippen molar-refractivity contribution in [1.82, 2.24) is 0 Å². The monoisotopic (exact) mass is 921 g/mol. The second-order valence-electron chi connectivity index (χ2n) is 19.4. The third-order valence-corrected chi connectivity index (χ3v) is 21.6. The summed E-state index contributed by atoms with van der Waals surface area (Å²) in [6, 6.07) is 89.4. The van der Waals surface area contributed by atoms with E-state index in [9.17, 15) is 0 Å². The van der Waals surface area contributed by atoms with Gasteiger partial charge in [0, 0.05) is 0 Å². The summed E-state index contributed by atoms with van der Waals surface area (Å²) < 4.78 is 14.0. The minimum atomic E-state index is -3.61. The first-order chi connectivity index (χ1) is 35.2. The van der Waals surface area contributed by atoms with Crippen LogP contribution in [0.25, 0.3) is 76.5 Å². The fourth-order valence-corrected chi connectivity index (χ4v) is 19.7. The molecule has 0 amide bonds. The van der Waals surface area contributed by atoms with Crippen molar-refractivity contribution < 1.29 is 9.15 Å². The standard InChI is InChI=1S/C66H41N2O2Si/c1-4-20-45(21-5-1)67-54-30-16-31-55-64(54)71(47-24-8-3-9-25-47)65-56(67)32-17-33-59(65)70-61-40-44(38-57(66(61)71)68(55)46-22-6-2-7-23-46)63-50-28-14-12-26-48(50)62(49-27-13-15-29-51(49)63)43-34-35-58-52(37-43)53-36-41-18-10-11-19-42(41)39-60(53)69-58/h1-40,71H/q-1. The van der Waals surface area contributed by atoms with E-state index in [0.29, 0.717) is 0 Å². The molecular weight excluding hydrogens is 881 g/mol. The summed E-state index contributed by atoms with van der Waals surface area (Å²) in [5, 5.41) is 14.8. The molecule has 71 heavy (non-hydrogen) atoms. The summed E-state index contributed by atoms with van der Waals surface area (Å²) in [6.45, 7) is 0. The molecule has 4 heterocycles. The topological polar surface area (TPSA) is 28.9 Å². The van der Waals surface area contributed by atoms with Crippen LogP contribution in [0.4, 0.5) is 34.1 Å². The van der Waals surface area contributed by atoms with Crippen LogP contribution in [0.1, 0.15) is 0 Å². The van der Waals surface area contributed by atoms with Crippen molar-refractivity contribution in [2.75, 3.05) is 9.80 Å². The van der Waals surface area contributed by atoms with E-state index in [-0.39, 0.29) is 0 Å². The molecule has 12 aromatic carbocycles. The molecule has 4 nitrogen and oxygen atoms in total. The molecule has 0 atom stereocenters. The summed E-state index contributed by atoms with van der Waals surface area (Å²) in [5.41, 5.74) is 13.5. The summed E-state index contributed by atoms with van der Waals surface area (Å²) in [5.74, 6) is 1.86. The van der Waals surface area contributed by atoms with Gasteiger partial charge in [-0.1, -0.05) is 24.3 Å².